The van der Waals surface area contributed by atoms with Crippen LogP contribution in [0.4, 0.5) is 18.3 Å². The Morgan fingerprint density at radius 3 is 2.58 bits per heavy atom. The monoisotopic (exact) mass is 471 g/mol. The number of anilines is 1. The molecule has 0 saturated carbocycles. The van der Waals surface area contributed by atoms with E-state index in [4.69, 9.17) is 0 Å². The zero-order chi connectivity index (χ0) is 23.8. The van der Waals surface area contributed by atoms with Crippen molar-refractivity contribution < 1.29 is 18.0 Å². The number of aromatic nitrogens is 4. The summed E-state index contributed by atoms with van der Waals surface area (Å²) in [5.74, 6) is -0.818. The van der Waals surface area contributed by atoms with E-state index in [1.807, 2.05) is 6.07 Å². The maximum absolute atomic E-state index is 13.1. The Labute approximate surface area is 189 Å². The Bertz CT molecular complexity index is 1400. The van der Waals surface area contributed by atoms with Gasteiger partial charge in [-0.25, -0.2) is 9.67 Å². The van der Waals surface area contributed by atoms with Crippen LogP contribution in [-0.4, -0.2) is 25.7 Å². The molecule has 1 N–H and O–H groups in total. The molecule has 4 aromatic rings. The van der Waals surface area contributed by atoms with Crippen molar-refractivity contribution in [1.82, 2.24) is 19.7 Å². The van der Waals surface area contributed by atoms with Gasteiger partial charge in [0.2, 0.25) is 5.43 Å². The lowest BCUT2D eigenvalue weighted by molar-refractivity contribution is -0.137. The molecule has 0 aliphatic heterocycles. The fourth-order valence-electron chi connectivity index (χ4n) is 3.12. The van der Waals surface area contributed by atoms with Gasteiger partial charge in [0.15, 0.2) is 10.8 Å². The van der Waals surface area contributed by atoms with Crippen molar-refractivity contribution in [2.45, 2.75) is 20.0 Å². The van der Waals surface area contributed by atoms with E-state index in [-0.39, 0.29) is 16.5 Å². The average Bonchev–Trinajstić information content (AvgIpc) is 3.13. The van der Waals surface area contributed by atoms with E-state index >= 15 is 0 Å². The number of rotatable bonds is 4. The first kappa shape index (κ1) is 22.3. The molecule has 0 aliphatic rings. The molecule has 7 nitrogen and oxygen atoms in total. The van der Waals surface area contributed by atoms with Crippen molar-refractivity contribution in [1.29, 1.82) is 0 Å². The molecule has 0 aliphatic carbocycles. The van der Waals surface area contributed by atoms with Crippen LogP contribution in [0.2, 0.25) is 0 Å². The van der Waals surface area contributed by atoms with Gasteiger partial charge in [-0.05, 0) is 44.2 Å². The summed E-state index contributed by atoms with van der Waals surface area (Å²) in [6.45, 7) is 3.28. The molecule has 0 unspecified atom stereocenters. The highest BCUT2D eigenvalue weighted by Gasteiger charge is 2.30. The van der Waals surface area contributed by atoms with Crippen molar-refractivity contribution >= 4 is 22.4 Å². The minimum Gasteiger partial charge on any atom is -0.296 e. The largest absolute Gasteiger partial charge is 0.416 e. The molecular weight excluding hydrogens is 455 g/mol. The first-order chi connectivity index (χ1) is 15.6. The van der Waals surface area contributed by atoms with Crippen LogP contribution in [0.1, 0.15) is 27.4 Å². The number of alkyl halides is 3. The van der Waals surface area contributed by atoms with Crippen LogP contribution in [0.3, 0.4) is 0 Å². The summed E-state index contributed by atoms with van der Waals surface area (Å²) in [4.78, 5) is 34.6. The number of carbonyl (C=O) groups excluding carboxylic acids is 1. The first-order valence-corrected chi connectivity index (χ1v) is 10.4. The van der Waals surface area contributed by atoms with Gasteiger partial charge in [0.1, 0.15) is 0 Å². The van der Waals surface area contributed by atoms with Crippen LogP contribution >= 0.6 is 11.3 Å². The minimum absolute atomic E-state index is 0.0684. The zero-order valence-corrected chi connectivity index (χ0v) is 18.2. The van der Waals surface area contributed by atoms with Gasteiger partial charge in [0, 0.05) is 18.0 Å². The maximum Gasteiger partial charge on any atom is 0.416 e. The van der Waals surface area contributed by atoms with Gasteiger partial charge in [-0.1, -0.05) is 23.5 Å². The number of thiazole rings is 1. The van der Waals surface area contributed by atoms with E-state index in [2.05, 4.69) is 20.4 Å². The molecule has 0 fully saturated rings. The molecule has 3 heterocycles. The average molecular weight is 471 g/mol. The molecule has 0 atom stereocenters. The number of nitrogens with zero attached hydrogens (tertiary/aromatic N) is 4. The van der Waals surface area contributed by atoms with Crippen LogP contribution in [0.5, 0.6) is 0 Å². The topological polar surface area (TPSA) is 89.8 Å². The van der Waals surface area contributed by atoms with Gasteiger partial charge in [0.05, 0.1) is 27.5 Å². The second-order valence-corrected chi connectivity index (χ2v) is 8.06. The van der Waals surface area contributed by atoms with E-state index < -0.39 is 28.8 Å². The SMILES string of the molecule is Cc1nc(NC(=O)c2nn(-c3cccc(C(F)(F)F)c3)c(C)cc2=O)sc1-c1ccccn1. The van der Waals surface area contributed by atoms with Crippen molar-refractivity contribution in [3.05, 3.63) is 87.6 Å². The number of halogens is 3. The Balaban J connectivity index is 1.67. The van der Waals surface area contributed by atoms with Gasteiger partial charge in [-0.2, -0.15) is 18.3 Å². The standard InChI is InChI=1S/C22H16F3N5O2S/c1-12-10-17(31)18(29-30(12)15-7-5-6-14(11-15)22(23,24)25)20(32)28-21-27-13(2)19(33-21)16-8-3-4-9-26-16/h3-11H,1-2H3,(H,27,28,32). The van der Waals surface area contributed by atoms with Crippen molar-refractivity contribution in [3.8, 4) is 16.3 Å². The molecule has 0 radical (unpaired) electrons. The molecule has 3 aromatic heterocycles. The van der Waals surface area contributed by atoms with Crippen molar-refractivity contribution in [3.63, 3.8) is 0 Å². The van der Waals surface area contributed by atoms with Crippen LogP contribution in [0.25, 0.3) is 16.3 Å². The normalized spacial score (nSPS) is 11.4. The molecule has 168 valence electrons. The predicted octanol–water partition coefficient (Wildman–Crippen LogP) is 4.64. The molecule has 0 saturated heterocycles. The quantitative estimate of drug-likeness (QED) is 0.468. The first-order valence-electron chi connectivity index (χ1n) is 9.62. The third-order valence-corrected chi connectivity index (χ3v) is 5.75. The molecule has 4 rings (SSSR count). The Kier molecular flexibility index (Phi) is 5.81. The zero-order valence-electron chi connectivity index (χ0n) is 17.3. The summed E-state index contributed by atoms with van der Waals surface area (Å²) in [7, 11) is 0. The predicted molar refractivity (Wildman–Crippen MR) is 118 cm³/mol. The summed E-state index contributed by atoms with van der Waals surface area (Å²) < 4.78 is 40.4. The van der Waals surface area contributed by atoms with E-state index in [0.717, 1.165) is 27.8 Å². The summed E-state index contributed by atoms with van der Waals surface area (Å²) >= 11 is 1.18. The highest BCUT2D eigenvalue weighted by molar-refractivity contribution is 7.19. The third-order valence-electron chi connectivity index (χ3n) is 4.66. The Hall–Kier alpha value is -3.86. The van der Waals surface area contributed by atoms with Gasteiger partial charge in [0.25, 0.3) is 5.91 Å². The summed E-state index contributed by atoms with van der Waals surface area (Å²) in [6, 6.07) is 11.0. The summed E-state index contributed by atoms with van der Waals surface area (Å²) in [5.41, 5.74) is -0.319. The second kappa shape index (κ2) is 8.58. The Morgan fingerprint density at radius 2 is 1.88 bits per heavy atom. The molecule has 1 aromatic carbocycles. The molecular formula is C22H16F3N5O2S. The molecule has 1 amide bonds. The lowest BCUT2D eigenvalue weighted by Crippen LogP contribution is -2.27. The number of aryl methyl sites for hydroxylation is 2. The number of benzene rings is 1. The molecule has 33 heavy (non-hydrogen) atoms. The number of pyridine rings is 1. The lowest BCUT2D eigenvalue weighted by atomic mass is 10.2. The highest BCUT2D eigenvalue weighted by Crippen LogP contribution is 2.32. The number of hydrogen-bond donors (Lipinski definition) is 1. The highest BCUT2D eigenvalue weighted by atomic mass is 32.1. The summed E-state index contributed by atoms with van der Waals surface area (Å²) in [6.07, 6.45) is -2.91. The number of nitrogens with one attached hydrogen (secondary N) is 1. The van der Waals surface area contributed by atoms with Crippen molar-refractivity contribution in [2.75, 3.05) is 5.32 Å². The van der Waals surface area contributed by atoms with Crippen LogP contribution < -0.4 is 10.7 Å². The van der Waals surface area contributed by atoms with Gasteiger partial charge in [-0.3, -0.25) is 19.9 Å². The third kappa shape index (κ3) is 4.67. The van der Waals surface area contributed by atoms with Crippen molar-refractivity contribution in [2.24, 2.45) is 0 Å². The van der Waals surface area contributed by atoms with Crippen LogP contribution in [-0.2, 0) is 6.18 Å². The van der Waals surface area contributed by atoms with E-state index in [1.54, 1.807) is 25.3 Å². The smallest absolute Gasteiger partial charge is 0.296 e. The second-order valence-electron chi connectivity index (χ2n) is 7.06. The van der Waals surface area contributed by atoms with Crippen LogP contribution in [0, 0.1) is 13.8 Å². The van der Waals surface area contributed by atoms with E-state index in [9.17, 15) is 22.8 Å². The van der Waals surface area contributed by atoms with E-state index in [0.29, 0.717) is 11.4 Å². The minimum atomic E-state index is -4.54. The Morgan fingerprint density at radius 1 is 1.09 bits per heavy atom. The summed E-state index contributed by atoms with van der Waals surface area (Å²) in [5, 5.41) is 6.83. The van der Waals surface area contributed by atoms with Crippen LogP contribution in [0.15, 0.2) is 59.5 Å². The number of amides is 1. The molecule has 0 bridgehead atoms. The fourth-order valence-corrected chi connectivity index (χ4v) is 4.06. The van der Waals surface area contributed by atoms with Gasteiger partial charge < -0.3 is 0 Å². The van der Waals surface area contributed by atoms with Gasteiger partial charge in [-0.15, -0.1) is 0 Å². The molecule has 0 spiro atoms. The lowest BCUT2D eigenvalue weighted by Gasteiger charge is -2.13. The fraction of sp³-hybridized carbons (Fsp3) is 0.136. The number of carbonyl (C=O) groups is 1. The van der Waals surface area contributed by atoms with Gasteiger partial charge >= 0.3 is 6.18 Å². The van der Waals surface area contributed by atoms with E-state index in [1.165, 1.54) is 30.4 Å². The number of hydrogen-bond acceptors (Lipinski definition) is 6. The maximum atomic E-state index is 13.1. The molecule has 11 heteroatoms.